The van der Waals surface area contributed by atoms with Crippen LogP contribution in [0.1, 0.15) is 24.8 Å². The molecule has 10 heteroatoms. The van der Waals surface area contributed by atoms with Crippen molar-refractivity contribution in [2.24, 2.45) is 0 Å². The Hall–Kier alpha value is -1.94. The van der Waals surface area contributed by atoms with E-state index in [0.717, 1.165) is 19.4 Å². The second kappa shape index (κ2) is 4.63. The van der Waals surface area contributed by atoms with Crippen LogP contribution in [0.5, 0.6) is 0 Å². The van der Waals surface area contributed by atoms with E-state index in [0.29, 0.717) is 5.89 Å². The molecule has 0 bridgehead atoms. The van der Waals surface area contributed by atoms with Gasteiger partial charge in [-0.05, 0) is 19.4 Å². The van der Waals surface area contributed by atoms with E-state index in [-0.39, 0.29) is 17.0 Å². The lowest BCUT2D eigenvalue weighted by Crippen LogP contribution is -2.13. The number of nitrogens with one attached hydrogen (secondary N) is 3. The van der Waals surface area contributed by atoms with Gasteiger partial charge in [-0.25, -0.2) is 13.1 Å². The molecule has 2 aromatic heterocycles. The number of aromatic nitrogens is 4. The minimum Gasteiger partial charge on any atom is -0.406 e. The predicted molar refractivity (Wildman–Crippen MR) is 63.7 cm³/mol. The molecular formula is C9H12N6O3S. The molecule has 0 aromatic carbocycles. The van der Waals surface area contributed by atoms with Crippen molar-refractivity contribution in [3.63, 3.8) is 0 Å². The normalized spacial score (nSPS) is 19.7. The molecular weight excluding hydrogens is 272 g/mol. The van der Waals surface area contributed by atoms with Gasteiger partial charge in [-0.2, -0.15) is 5.10 Å². The van der Waals surface area contributed by atoms with E-state index in [2.05, 4.69) is 30.4 Å². The van der Waals surface area contributed by atoms with Gasteiger partial charge in [0.25, 0.3) is 10.0 Å². The van der Waals surface area contributed by atoms with E-state index in [9.17, 15) is 8.42 Å². The van der Waals surface area contributed by atoms with Crippen LogP contribution in [0.3, 0.4) is 0 Å². The molecule has 3 N–H and O–H groups in total. The Balaban J connectivity index is 1.77. The van der Waals surface area contributed by atoms with Gasteiger partial charge in [-0.15, -0.1) is 5.10 Å². The van der Waals surface area contributed by atoms with Gasteiger partial charge in [0.2, 0.25) is 5.89 Å². The van der Waals surface area contributed by atoms with Crippen LogP contribution in [0.2, 0.25) is 0 Å². The van der Waals surface area contributed by atoms with Gasteiger partial charge in [0, 0.05) is 6.20 Å². The van der Waals surface area contributed by atoms with Crippen LogP contribution in [-0.4, -0.2) is 35.4 Å². The number of anilines is 1. The first-order valence-corrected chi connectivity index (χ1v) is 7.22. The third kappa shape index (κ3) is 2.44. The summed E-state index contributed by atoms with van der Waals surface area (Å²) in [5, 5.41) is 16.7. The summed E-state index contributed by atoms with van der Waals surface area (Å²) in [6, 6.07) is -0.149. The number of rotatable bonds is 4. The highest BCUT2D eigenvalue weighted by Crippen LogP contribution is 2.23. The number of nitrogens with zero attached hydrogens (tertiary/aromatic N) is 3. The van der Waals surface area contributed by atoms with E-state index in [4.69, 9.17) is 4.42 Å². The topological polar surface area (TPSA) is 126 Å². The zero-order chi connectivity index (χ0) is 13.3. The van der Waals surface area contributed by atoms with E-state index < -0.39 is 10.0 Å². The molecule has 2 aromatic rings. The average molecular weight is 284 g/mol. The van der Waals surface area contributed by atoms with Crippen molar-refractivity contribution < 1.29 is 12.8 Å². The Morgan fingerprint density at radius 2 is 2.32 bits per heavy atom. The number of hydrogen-bond donors (Lipinski definition) is 3. The van der Waals surface area contributed by atoms with Gasteiger partial charge < -0.3 is 9.73 Å². The highest BCUT2D eigenvalue weighted by molar-refractivity contribution is 7.92. The fourth-order valence-electron chi connectivity index (χ4n) is 1.87. The van der Waals surface area contributed by atoms with Gasteiger partial charge in [-0.3, -0.25) is 5.10 Å². The number of sulfonamides is 1. The number of hydrogen-bond acceptors (Lipinski definition) is 7. The van der Waals surface area contributed by atoms with E-state index in [1.165, 1.54) is 12.4 Å². The summed E-state index contributed by atoms with van der Waals surface area (Å²) in [6.45, 7) is 0.892. The fourth-order valence-corrected chi connectivity index (χ4v) is 2.70. The zero-order valence-corrected chi connectivity index (χ0v) is 10.6. The molecule has 0 saturated carbocycles. The molecule has 102 valence electrons. The first-order chi connectivity index (χ1) is 9.15. The van der Waals surface area contributed by atoms with Crippen LogP contribution in [0.15, 0.2) is 21.7 Å². The van der Waals surface area contributed by atoms with Crippen LogP contribution in [-0.2, 0) is 10.0 Å². The maximum absolute atomic E-state index is 11.9. The van der Waals surface area contributed by atoms with Crippen LogP contribution >= 0.6 is 0 Å². The molecule has 1 atom stereocenters. The second-order valence-electron chi connectivity index (χ2n) is 4.13. The summed E-state index contributed by atoms with van der Waals surface area (Å²) in [5.74, 6) is 0.391. The van der Waals surface area contributed by atoms with Crippen molar-refractivity contribution in [1.29, 1.82) is 0 Å². The molecule has 1 unspecified atom stereocenters. The molecule has 1 aliphatic heterocycles. The van der Waals surface area contributed by atoms with Crippen molar-refractivity contribution in [2.75, 3.05) is 11.3 Å². The van der Waals surface area contributed by atoms with Crippen LogP contribution in [0.25, 0.3) is 0 Å². The van der Waals surface area contributed by atoms with Gasteiger partial charge in [0.05, 0.1) is 12.2 Å². The van der Waals surface area contributed by atoms with Crippen molar-refractivity contribution in [3.05, 3.63) is 18.3 Å². The second-order valence-corrected chi connectivity index (χ2v) is 5.82. The highest BCUT2D eigenvalue weighted by Gasteiger charge is 2.24. The molecule has 1 aliphatic rings. The summed E-state index contributed by atoms with van der Waals surface area (Å²) in [4.78, 5) is 0.00578. The van der Waals surface area contributed by atoms with Crippen LogP contribution in [0.4, 0.5) is 6.01 Å². The van der Waals surface area contributed by atoms with Gasteiger partial charge in [-0.1, -0.05) is 5.10 Å². The lowest BCUT2D eigenvalue weighted by molar-refractivity contribution is 0.439. The average Bonchev–Trinajstić information content (AvgIpc) is 3.11. The monoisotopic (exact) mass is 284 g/mol. The summed E-state index contributed by atoms with van der Waals surface area (Å²) in [6.07, 6.45) is 4.38. The molecule has 3 heterocycles. The van der Waals surface area contributed by atoms with Crippen LogP contribution < -0.4 is 10.0 Å². The Labute approximate surface area is 108 Å². The summed E-state index contributed by atoms with van der Waals surface area (Å²) in [5.41, 5.74) is 0. The number of aromatic amines is 1. The zero-order valence-electron chi connectivity index (χ0n) is 9.83. The molecule has 9 nitrogen and oxygen atoms in total. The van der Waals surface area contributed by atoms with Crippen LogP contribution in [0, 0.1) is 0 Å². The smallest absolute Gasteiger partial charge is 0.329 e. The maximum Gasteiger partial charge on any atom is 0.329 e. The van der Waals surface area contributed by atoms with Crippen molar-refractivity contribution >= 4 is 16.0 Å². The van der Waals surface area contributed by atoms with Crippen molar-refractivity contribution in [1.82, 2.24) is 25.7 Å². The third-order valence-corrected chi connectivity index (χ3v) is 4.09. The first-order valence-electron chi connectivity index (χ1n) is 5.73. The molecule has 19 heavy (non-hydrogen) atoms. The highest BCUT2D eigenvalue weighted by atomic mass is 32.2. The predicted octanol–water partition coefficient (Wildman–Crippen LogP) is 0.0180. The largest absolute Gasteiger partial charge is 0.406 e. The molecule has 0 radical (unpaired) electrons. The summed E-state index contributed by atoms with van der Waals surface area (Å²) in [7, 11) is -3.74. The van der Waals surface area contributed by atoms with Gasteiger partial charge >= 0.3 is 6.01 Å². The maximum atomic E-state index is 11.9. The Morgan fingerprint density at radius 1 is 1.42 bits per heavy atom. The quantitative estimate of drug-likeness (QED) is 0.722. The van der Waals surface area contributed by atoms with Crippen molar-refractivity contribution in [3.8, 4) is 0 Å². The Bertz CT molecular complexity index is 643. The molecule has 0 spiro atoms. The van der Waals surface area contributed by atoms with E-state index in [1.54, 1.807) is 0 Å². The molecule has 1 fully saturated rings. The molecule has 0 aliphatic carbocycles. The Morgan fingerprint density at radius 3 is 3.00 bits per heavy atom. The molecule has 0 amide bonds. The lowest BCUT2D eigenvalue weighted by Gasteiger charge is -2.03. The molecule has 3 rings (SSSR count). The Kier molecular flexibility index (Phi) is 2.95. The fraction of sp³-hybridized carbons (Fsp3) is 0.444. The minimum atomic E-state index is -3.74. The van der Waals surface area contributed by atoms with Gasteiger partial charge in [0.15, 0.2) is 0 Å². The summed E-state index contributed by atoms with van der Waals surface area (Å²) < 4.78 is 31.3. The first kappa shape index (κ1) is 12.1. The number of H-pyrrole nitrogens is 1. The standard InChI is InChI=1S/C9H12N6O3S/c16-19(17,6-4-11-12-5-6)15-9-14-13-8(18-9)7-2-1-3-10-7/h4-5,7,10H,1-3H2,(H,11,12)(H,14,15). The SMILES string of the molecule is O=S(=O)(Nc1nnc(C2CCCN2)o1)c1cn[nH]c1. The molecule has 1 saturated heterocycles. The van der Waals surface area contributed by atoms with E-state index >= 15 is 0 Å². The van der Waals surface area contributed by atoms with E-state index in [1.807, 2.05) is 0 Å². The minimum absolute atomic E-state index is 0.000297. The van der Waals surface area contributed by atoms with Gasteiger partial charge in [0.1, 0.15) is 4.90 Å². The lowest BCUT2D eigenvalue weighted by atomic mass is 10.2. The third-order valence-electron chi connectivity index (χ3n) is 2.80. The van der Waals surface area contributed by atoms with Crippen molar-refractivity contribution in [2.45, 2.75) is 23.8 Å². The summed E-state index contributed by atoms with van der Waals surface area (Å²) >= 11 is 0.